The Hall–Kier alpha value is -2.05. The molecule has 0 bridgehead atoms. The zero-order chi connectivity index (χ0) is 17.5. The molecule has 0 aromatic heterocycles. The average molecular weight is 330 g/mol. The van der Waals surface area contributed by atoms with Crippen molar-refractivity contribution in [1.29, 1.82) is 0 Å². The van der Waals surface area contributed by atoms with Crippen LogP contribution in [0.4, 0.5) is 18.9 Å². The highest BCUT2D eigenvalue weighted by molar-refractivity contribution is 5.91. The fourth-order valence-corrected chi connectivity index (χ4v) is 2.05. The maximum atomic E-state index is 12.7. The molecule has 0 radical (unpaired) electrons. The molecule has 23 heavy (non-hydrogen) atoms. The zero-order valence-electron chi connectivity index (χ0n) is 13.2. The van der Waals surface area contributed by atoms with Gasteiger partial charge in [-0.3, -0.25) is 9.59 Å². The van der Waals surface area contributed by atoms with Crippen molar-refractivity contribution < 1.29 is 22.8 Å². The number of halogens is 3. The summed E-state index contributed by atoms with van der Waals surface area (Å²) in [6.45, 7) is 3.56. The molecule has 0 fully saturated rings. The third-order valence-electron chi connectivity index (χ3n) is 3.28. The summed E-state index contributed by atoms with van der Waals surface area (Å²) in [5, 5.41) is 2.66. The number of anilines is 1. The predicted molar refractivity (Wildman–Crippen MR) is 82.0 cm³/mol. The van der Waals surface area contributed by atoms with Crippen LogP contribution in [0.25, 0.3) is 0 Å². The Morgan fingerprint density at radius 3 is 2.52 bits per heavy atom. The normalized spacial score (nSPS) is 11.2. The SMILES string of the molecule is CCCCC(=O)NCCN(C(C)=O)c1cccc(C(F)(F)F)c1. The number of nitrogens with one attached hydrogen (secondary N) is 1. The van der Waals surface area contributed by atoms with Crippen molar-refractivity contribution in [3.8, 4) is 0 Å². The van der Waals surface area contributed by atoms with Crippen molar-refractivity contribution >= 4 is 17.5 Å². The lowest BCUT2D eigenvalue weighted by Gasteiger charge is -2.22. The fraction of sp³-hybridized carbons (Fsp3) is 0.500. The number of hydrogen-bond donors (Lipinski definition) is 1. The van der Waals surface area contributed by atoms with E-state index in [1.54, 1.807) is 0 Å². The molecule has 0 atom stereocenters. The minimum absolute atomic E-state index is 0.120. The molecule has 0 aliphatic heterocycles. The number of amides is 2. The first-order valence-electron chi connectivity index (χ1n) is 7.47. The number of alkyl halides is 3. The van der Waals surface area contributed by atoms with Gasteiger partial charge in [0.25, 0.3) is 0 Å². The molecule has 0 heterocycles. The van der Waals surface area contributed by atoms with E-state index in [4.69, 9.17) is 0 Å². The summed E-state index contributed by atoms with van der Waals surface area (Å²) in [5.74, 6) is -0.508. The van der Waals surface area contributed by atoms with Crippen LogP contribution in [0.3, 0.4) is 0 Å². The minimum Gasteiger partial charge on any atom is -0.354 e. The van der Waals surface area contributed by atoms with Crippen molar-refractivity contribution in [2.45, 2.75) is 39.3 Å². The van der Waals surface area contributed by atoms with E-state index in [0.717, 1.165) is 25.0 Å². The summed E-state index contributed by atoms with van der Waals surface area (Å²) in [6.07, 6.45) is -2.39. The summed E-state index contributed by atoms with van der Waals surface area (Å²) in [7, 11) is 0. The van der Waals surface area contributed by atoms with E-state index in [1.807, 2.05) is 6.92 Å². The Bertz CT molecular complexity index is 544. The van der Waals surface area contributed by atoms with Gasteiger partial charge in [-0.2, -0.15) is 13.2 Å². The first kappa shape index (κ1) is 19.0. The standard InChI is InChI=1S/C16H21F3N2O2/c1-3-4-8-15(23)20-9-10-21(12(2)22)14-7-5-6-13(11-14)16(17,18)19/h5-7,11H,3-4,8-10H2,1-2H3,(H,20,23). The van der Waals surface area contributed by atoms with Crippen LogP contribution in [0.2, 0.25) is 0 Å². The molecule has 0 aliphatic rings. The molecule has 7 heteroatoms. The van der Waals surface area contributed by atoms with E-state index in [2.05, 4.69) is 5.32 Å². The Morgan fingerprint density at radius 2 is 1.96 bits per heavy atom. The van der Waals surface area contributed by atoms with Crippen LogP contribution in [-0.2, 0) is 15.8 Å². The number of nitrogens with zero attached hydrogens (tertiary/aromatic N) is 1. The Morgan fingerprint density at radius 1 is 1.26 bits per heavy atom. The minimum atomic E-state index is -4.47. The second-order valence-electron chi connectivity index (χ2n) is 5.17. The highest BCUT2D eigenvalue weighted by atomic mass is 19.4. The second kappa shape index (κ2) is 8.55. The average Bonchev–Trinajstić information content (AvgIpc) is 2.48. The molecule has 1 N–H and O–H groups in total. The zero-order valence-corrected chi connectivity index (χ0v) is 13.2. The lowest BCUT2D eigenvalue weighted by atomic mass is 10.1. The van der Waals surface area contributed by atoms with Crippen LogP contribution in [0.1, 0.15) is 38.7 Å². The monoisotopic (exact) mass is 330 g/mol. The molecule has 0 aliphatic carbocycles. The van der Waals surface area contributed by atoms with Gasteiger partial charge in [-0.1, -0.05) is 19.4 Å². The number of carbonyl (C=O) groups is 2. The van der Waals surface area contributed by atoms with Crippen LogP contribution in [0.15, 0.2) is 24.3 Å². The van der Waals surface area contributed by atoms with Crippen molar-refractivity contribution in [2.24, 2.45) is 0 Å². The predicted octanol–water partition coefficient (Wildman–Crippen LogP) is 3.36. The third kappa shape index (κ3) is 6.30. The largest absolute Gasteiger partial charge is 0.416 e. The number of carbonyl (C=O) groups excluding carboxylic acids is 2. The number of rotatable bonds is 7. The van der Waals surface area contributed by atoms with Gasteiger partial charge in [0.2, 0.25) is 11.8 Å². The van der Waals surface area contributed by atoms with Crippen LogP contribution in [-0.4, -0.2) is 24.9 Å². The Labute approximate surface area is 133 Å². The number of hydrogen-bond acceptors (Lipinski definition) is 2. The van der Waals surface area contributed by atoms with E-state index in [9.17, 15) is 22.8 Å². The van der Waals surface area contributed by atoms with Gasteiger partial charge in [-0.25, -0.2) is 0 Å². The van der Waals surface area contributed by atoms with Gasteiger partial charge in [0.15, 0.2) is 0 Å². The summed E-state index contributed by atoms with van der Waals surface area (Å²) in [4.78, 5) is 24.4. The van der Waals surface area contributed by atoms with Gasteiger partial charge in [0.1, 0.15) is 0 Å². The van der Waals surface area contributed by atoms with Crippen LogP contribution in [0, 0.1) is 0 Å². The summed E-state index contributed by atoms with van der Waals surface area (Å²) in [5.41, 5.74) is -0.650. The Kier molecular flexibility index (Phi) is 7.06. The summed E-state index contributed by atoms with van der Waals surface area (Å²) >= 11 is 0. The first-order valence-corrected chi connectivity index (χ1v) is 7.47. The fourth-order valence-electron chi connectivity index (χ4n) is 2.05. The smallest absolute Gasteiger partial charge is 0.354 e. The quantitative estimate of drug-likeness (QED) is 0.833. The third-order valence-corrected chi connectivity index (χ3v) is 3.28. The van der Waals surface area contributed by atoms with Crippen LogP contribution < -0.4 is 10.2 Å². The number of benzene rings is 1. The molecule has 128 valence electrons. The highest BCUT2D eigenvalue weighted by Crippen LogP contribution is 2.31. The molecule has 1 aromatic rings. The maximum Gasteiger partial charge on any atom is 0.416 e. The van der Waals surface area contributed by atoms with Gasteiger partial charge in [-0.05, 0) is 24.6 Å². The van der Waals surface area contributed by atoms with Gasteiger partial charge < -0.3 is 10.2 Å². The van der Waals surface area contributed by atoms with E-state index >= 15 is 0 Å². The van der Waals surface area contributed by atoms with Gasteiger partial charge in [-0.15, -0.1) is 0 Å². The molecule has 1 rings (SSSR count). The number of unbranched alkanes of at least 4 members (excludes halogenated alkanes) is 1. The van der Waals surface area contributed by atoms with E-state index < -0.39 is 11.7 Å². The highest BCUT2D eigenvalue weighted by Gasteiger charge is 2.31. The molecule has 2 amide bonds. The van der Waals surface area contributed by atoms with Gasteiger partial charge in [0, 0.05) is 32.1 Å². The molecular weight excluding hydrogens is 309 g/mol. The molecule has 0 saturated carbocycles. The van der Waals surface area contributed by atoms with Crippen molar-refractivity contribution in [2.75, 3.05) is 18.0 Å². The lowest BCUT2D eigenvalue weighted by Crippen LogP contribution is -2.37. The van der Waals surface area contributed by atoms with E-state index in [-0.39, 0.29) is 30.6 Å². The van der Waals surface area contributed by atoms with E-state index in [0.29, 0.717) is 6.42 Å². The molecule has 0 spiro atoms. The topological polar surface area (TPSA) is 49.4 Å². The molecule has 1 aromatic carbocycles. The first-order chi connectivity index (χ1) is 10.8. The van der Waals surface area contributed by atoms with Crippen LogP contribution in [0.5, 0.6) is 0 Å². The molecule has 0 unspecified atom stereocenters. The van der Waals surface area contributed by atoms with Crippen LogP contribution >= 0.6 is 0 Å². The van der Waals surface area contributed by atoms with Crippen molar-refractivity contribution in [3.63, 3.8) is 0 Å². The van der Waals surface area contributed by atoms with Crippen molar-refractivity contribution in [3.05, 3.63) is 29.8 Å². The lowest BCUT2D eigenvalue weighted by molar-refractivity contribution is -0.137. The molecule has 4 nitrogen and oxygen atoms in total. The summed E-state index contributed by atoms with van der Waals surface area (Å²) in [6, 6.07) is 4.58. The summed E-state index contributed by atoms with van der Waals surface area (Å²) < 4.78 is 38.2. The van der Waals surface area contributed by atoms with E-state index in [1.165, 1.54) is 24.0 Å². The molecule has 0 saturated heterocycles. The van der Waals surface area contributed by atoms with Gasteiger partial charge in [0.05, 0.1) is 5.56 Å². The molecular formula is C16H21F3N2O2. The van der Waals surface area contributed by atoms with Crippen molar-refractivity contribution in [1.82, 2.24) is 5.32 Å². The van der Waals surface area contributed by atoms with Gasteiger partial charge >= 0.3 is 6.18 Å². The Balaban J connectivity index is 2.72. The maximum absolute atomic E-state index is 12.7. The second-order valence-corrected chi connectivity index (χ2v) is 5.17.